The maximum atomic E-state index is 12.0. The molecule has 1 atom stereocenters. The fourth-order valence-electron chi connectivity index (χ4n) is 2.34. The molecule has 3 rings (SSSR count). The van der Waals surface area contributed by atoms with Gasteiger partial charge in [-0.25, -0.2) is 14.7 Å². The number of methoxy groups -OCH3 is 1. The molecule has 0 spiro atoms. The number of imide groups is 1. The van der Waals surface area contributed by atoms with Crippen molar-refractivity contribution in [2.24, 2.45) is 0 Å². The van der Waals surface area contributed by atoms with Gasteiger partial charge in [0, 0.05) is 12.1 Å². The summed E-state index contributed by atoms with van der Waals surface area (Å²) >= 11 is 0. The van der Waals surface area contributed by atoms with Crippen molar-refractivity contribution in [3.8, 4) is 17.4 Å². The number of rotatable bonds is 4. The van der Waals surface area contributed by atoms with Crippen LogP contribution in [0.4, 0.5) is 10.5 Å². The van der Waals surface area contributed by atoms with Crippen molar-refractivity contribution < 1.29 is 19.1 Å². The predicted octanol–water partition coefficient (Wildman–Crippen LogP) is 2.64. The largest absolute Gasteiger partial charge is 0.497 e. The van der Waals surface area contributed by atoms with Crippen LogP contribution in [-0.4, -0.2) is 30.1 Å². The summed E-state index contributed by atoms with van der Waals surface area (Å²) in [7, 11) is 1.58. The molecular weight excluding hydrogens is 310 g/mol. The van der Waals surface area contributed by atoms with Crippen LogP contribution in [0.1, 0.15) is 12.5 Å². The Hall–Kier alpha value is -3.09. The number of pyridine rings is 1. The molecule has 3 amide bonds. The first kappa shape index (κ1) is 15.8. The number of nitrogens with zero attached hydrogens (tertiary/aromatic N) is 2. The number of carbonyl (C=O) groups excluding carboxylic acids is 2. The van der Waals surface area contributed by atoms with E-state index in [1.165, 1.54) is 6.20 Å². The first-order valence-electron chi connectivity index (χ1n) is 7.42. The van der Waals surface area contributed by atoms with Crippen molar-refractivity contribution in [1.29, 1.82) is 0 Å². The molecule has 0 saturated carbocycles. The number of benzene rings is 1. The smallest absolute Gasteiger partial charge is 0.329 e. The van der Waals surface area contributed by atoms with E-state index in [-0.39, 0.29) is 5.91 Å². The molecule has 24 heavy (non-hydrogen) atoms. The summed E-state index contributed by atoms with van der Waals surface area (Å²) in [5.74, 6) is 1.35. The molecule has 1 fully saturated rings. The first-order chi connectivity index (χ1) is 11.5. The van der Waals surface area contributed by atoms with Gasteiger partial charge < -0.3 is 14.8 Å². The lowest BCUT2D eigenvalue weighted by Gasteiger charge is -2.13. The lowest BCUT2D eigenvalue weighted by Crippen LogP contribution is -2.30. The van der Waals surface area contributed by atoms with E-state index >= 15 is 0 Å². The van der Waals surface area contributed by atoms with E-state index in [9.17, 15) is 9.59 Å². The second-order valence-electron chi connectivity index (χ2n) is 5.43. The summed E-state index contributed by atoms with van der Waals surface area (Å²) in [5, 5.41) is 2.55. The highest BCUT2D eigenvalue weighted by Crippen LogP contribution is 2.29. The Morgan fingerprint density at radius 3 is 2.58 bits per heavy atom. The van der Waals surface area contributed by atoms with Crippen molar-refractivity contribution in [3.63, 3.8) is 0 Å². The molecule has 1 aliphatic heterocycles. The molecule has 2 heterocycles. The number of urea groups is 1. The van der Waals surface area contributed by atoms with Crippen LogP contribution in [0.2, 0.25) is 0 Å². The Labute approximate surface area is 139 Å². The molecule has 1 aromatic carbocycles. The van der Waals surface area contributed by atoms with Crippen LogP contribution in [0, 0.1) is 6.92 Å². The number of amides is 3. The van der Waals surface area contributed by atoms with Crippen LogP contribution >= 0.6 is 0 Å². The van der Waals surface area contributed by atoms with E-state index in [0.717, 1.165) is 10.5 Å². The molecule has 7 nitrogen and oxygen atoms in total. The number of ether oxygens (including phenoxy) is 2. The summed E-state index contributed by atoms with van der Waals surface area (Å²) in [6.45, 7) is 3.55. The van der Waals surface area contributed by atoms with E-state index in [0.29, 0.717) is 23.1 Å². The Morgan fingerprint density at radius 2 is 2.00 bits per heavy atom. The summed E-state index contributed by atoms with van der Waals surface area (Å²) in [6.07, 6.45) is 1.43. The Balaban J connectivity index is 1.80. The number of nitrogens with one attached hydrogen (secondary N) is 1. The zero-order chi connectivity index (χ0) is 17.3. The van der Waals surface area contributed by atoms with Crippen molar-refractivity contribution in [2.75, 3.05) is 12.0 Å². The average Bonchev–Trinajstić information content (AvgIpc) is 2.83. The predicted molar refractivity (Wildman–Crippen MR) is 87.5 cm³/mol. The van der Waals surface area contributed by atoms with E-state index in [1.54, 1.807) is 32.2 Å². The van der Waals surface area contributed by atoms with Crippen molar-refractivity contribution in [1.82, 2.24) is 10.3 Å². The van der Waals surface area contributed by atoms with Crippen molar-refractivity contribution in [2.45, 2.75) is 19.9 Å². The zero-order valence-electron chi connectivity index (χ0n) is 13.6. The standard InChI is InChI=1S/C17H17N3O4/c1-10-4-6-13(23-3)8-14(10)24-15-7-5-12(9-18-15)20-16(21)11(2)19-17(20)22/h4-9,11H,1-3H3,(H,19,22)/t11-/m1/s1. The van der Waals surface area contributed by atoms with Gasteiger partial charge in [-0.2, -0.15) is 0 Å². The van der Waals surface area contributed by atoms with E-state index < -0.39 is 12.1 Å². The van der Waals surface area contributed by atoms with Gasteiger partial charge in [-0.15, -0.1) is 0 Å². The second kappa shape index (κ2) is 6.19. The number of anilines is 1. The first-order valence-corrected chi connectivity index (χ1v) is 7.42. The van der Waals surface area contributed by atoms with E-state index in [2.05, 4.69) is 10.3 Å². The lowest BCUT2D eigenvalue weighted by molar-refractivity contribution is -0.117. The number of hydrogen-bond acceptors (Lipinski definition) is 5. The van der Waals surface area contributed by atoms with Gasteiger partial charge in [0.2, 0.25) is 5.88 Å². The van der Waals surface area contributed by atoms with Gasteiger partial charge in [-0.1, -0.05) is 6.07 Å². The van der Waals surface area contributed by atoms with Crippen LogP contribution < -0.4 is 19.7 Å². The molecule has 1 N–H and O–H groups in total. The highest BCUT2D eigenvalue weighted by Gasteiger charge is 2.36. The summed E-state index contributed by atoms with van der Waals surface area (Å²) in [6, 6.07) is 7.74. The molecular formula is C17H17N3O4. The SMILES string of the molecule is COc1ccc(C)c(Oc2ccc(N3C(=O)N[C@H](C)C3=O)cn2)c1. The molecule has 7 heteroatoms. The number of carbonyl (C=O) groups is 2. The zero-order valence-corrected chi connectivity index (χ0v) is 13.6. The van der Waals surface area contributed by atoms with Crippen LogP contribution in [-0.2, 0) is 4.79 Å². The van der Waals surface area contributed by atoms with Gasteiger partial charge in [-0.3, -0.25) is 4.79 Å². The minimum Gasteiger partial charge on any atom is -0.497 e. The Bertz CT molecular complexity index is 789. The van der Waals surface area contributed by atoms with Crippen LogP contribution in [0.15, 0.2) is 36.5 Å². The normalized spacial score (nSPS) is 17.0. The summed E-state index contributed by atoms with van der Waals surface area (Å²) < 4.78 is 10.9. The third-order valence-corrected chi connectivity index (χ3v) is 3.72. The fourth-order valence-corrected chi connectivity index (χ4v) is 2.34. The summed E-state index contributed by atoms with van der Waals surface area (Å²) in [4.78, 5) is 29.0. The maximum Gasteiger partial charge on any atom is 0.329 e. The highest BCUT2D eigenvalue weighted by molar-refractivity contribution is 6.21. The van der Waals surface area contributed by atoms with Gasteiger partial charge in [0.25, 0.3) is 5.91 Å². The number of aryl methyl sites for hydroxylation is 1. The monoisotopic (exact) mass is 327 g/mol. The van der Waals surface area contributed by atoms with Crippen LogP contribution in [0.25, 0.3) is 0 Å². The molecule has 124 valence electrons. The Kier molecular flexibility index (Phi) is 4.07. The van der Waals surface area contributed by atoms with Gasteiger partial charge >= 0.3 is 6.03 Å². The van der Waals surface area contributed by atoms with Gasteiger partial charge in [-0.05, 0) is 31.5 Å². The lowest BCUT2D eigenvalue weighted by atomic mass is 10.2. The van der Waals surface area contributed by atoms with Gasteiger partial charge in [0.1, 0.15) is 17.5 Å². The molecule has 1 saturated heterocycles. The van der Waals surface area contributed by atoms with E-state index in [1.807, 2.05) is 19.1 Å². The topological polar surface area (TPSA) is 80.8 Å². The Morgan fingerprint density at radius 1 is 1.21 bits per heavy atom. The quantitative estimate of drug-likeness (QED) is 0.873. The molecule has 0 radical (unpaired) electrons. The minimum absolute atomic E-state index is 0.306. The highest BCUT2D eigenvalue weighted by atomic mass is 16.5. The molecule has 1 aliphatic rings. The molecule has 0 bridgehead atoms. The third-order valence-electron chi connectivity index (χ3n) is 3.72. The maximum absolute atomic E-state index is 12.0. The minimum atomic E-state index is -0.534. The molecule has 2 aromatic rings. The second-order valence-corrected chi connectivity index (χ2v) is 5.43. The van der Waals surface area contributed by atoms with Crippen molar-refractivity contribution >= 4 is 17.6 Å². The fraction of sp³-hybridized carbons (Fsp3) is 0.235. The molecule has 1 aromatic heterocycles. The van der Waals surface area contributed by atoms with E-state index in [4.69, 9.17) is 9.47 Å². The van der Waals surface area contributed by atoms with Gasteiger partial charge in [0.15, 0.2) is 0 Å². The van der Waals surface area contributed by atoms with Gasteiger partial charge in [0.05, 0.1) is 19.0 Å². The summed E-state index contributed by atoms with van der Waals surface area (Å²) in [5.41, 5.74) is 1.33. The third kappa shape index (κ3) is 2.88. The molecule has 0 unspecified atom stereocenters. The number of aromatic nitrogens is 1. The van der Waals surface area contributed by atoms with Crippen LogP contribution in [0.3, 0.4) is 0 Å². The van der Waals surface area contributed by atoms with Crippen LogP contribution in [0.5, 0.6) is 17.4 Å². The number of hydrogen-bond donors (Lipinski definition) is 1. The van der Waals surface area contributed by atoms with Crippen molar-refractivity contribution in [3.05, 3.63) is 42.1 Å². The molecule has 0 aliphatic carbocycles. The average molecular weight is 327 g/mol.